The summed E-state index contributed by atoms with van der Waals surface area (Å²) >= 11 is 6.34. The Morgan fingerprint density at radius 2 is 2.06 bits per heavy atom. The highest BCUT2D eigenvalue weighted by Gasteiger charge is 2.18. The molecule has 1 aromatic carbocycles. The van der Waals surface area contributed by atoms with Crippen molar-refractivity contribution in [3.63, 3.8) is 0 Å². The van der Waals surface area contributed by atoms with Gasteiger partial charge >= 0.3 is 0 Å². The third kappa shape index (κ3) is 1.85. The Labute approximate surface area is 105 Å². The molecule has 90 valence electrons. The van der Waals surface area contributed by atoms with Gasteiger partial charge in [0.05, 0.1) is 18.3 Å². The number of nitrogens with zero attached hydrogens (tertiary/aromatic N) is 1. The number of hydrogen-bond acceptors (Lipinski definition) is 3. The fourth-order valence-corrected chi connectivity index (χ4v) is 2.19. The van der Waals surface area contributed by atoms with Crippen molar-refractivity contribution in [2.24, 2.45) is 0 Å². The van der Waals surface area contributed by atoms with Crippen molar-refractivity contribution in [1.29, 1.82) is 0 Å². The Balaban J connectivity index is 2.80. The molecule has 0 spiro atoms. The summed E-state index contributed by atoms with van der Waals surface area (Å²) in [6.07, 6.45) is 1.65. The lowest BCUT2D eigenvalue weighted by Crippen LogP contribution is -1.96. The third-order valence-corrected chi connectivity index (χ3v) is 3.21. The van der Waals surface area contributed by atoms with Crippen molar-refractivity contribution >= 4 is 17.4 Å². The van der Waals surface area contributed by atoms with Gasteiger partial charge in [0.1, 0.15) is 11.6 Å². The fraction of sp³-hybridized carbons (Fsp3) is 0.250. The van der Waals surface area contributed by atoms with E-state index in [1.54, 1.807) is 13.3 Å². The molecule has 0 aliphatic rings. The van der Waals surface area contributed by atoms with Crippen LogP contribution in [0.5, 0.6) is 5.75 Å². The maximum atomic E-state index is 6.34. The predicted molar refractivity (Wildman–Crippen MR) is 69.5 cm³/mol. The standard InChI is InChI=1S/C12H14ClN3O/c1-6-4-7(2)11(17-3)9(10(6)13)8-5-15-16-12(8)14/h4-5H,1-3H3,(H3,14,15,16). The zero-order valence-corrected chi connectivity index (χ0v) is 10.7. The number of aromatic nitrogens is 2. The summed E-state index contributed by atoms with van der Waals surface area (Å²) in [5.74, 6) is 1.21. The van der Waals surface area contributed by atoms with Crippen molar-refractivity contribution in [3.05, 3.63) is 28.4 Å². The number of aromatic amines is 1. The number of hydrogen-bond donors (Lipinski definition) is 2. The summed E-state index contributed by atoms with van der Waals surface area (Å²) in [7, 11) is 1.62. The Bertz CT molecular complexity index is 563. The molecular formula is C12H14ClN3O. The van der Waals surface area contributed by atoms with Crippen LogP contribution in [-0.2, 0) is 0 Å². The van der Waals surface area contributed by atoms with Gasteiger partial charge in [-0.1, -0.05) is 17.7 Å². The van der Waals surface area contributed by atoms with Crippen LogP contribution in [0.3, 0.4) is 0 Å². The average molecular weight is 252 g/mol. The lowest BCUT2D eigenvalue weighted by Gasteiger charge is -2.14. The highest BCUT2D eigenvalue weighted by molar-refractivity contribution is 6.34. The maximum Gasteiger partial charge on any atom is 0.131 e. The molecule has 0 fully saturated rings. The largest absolute Gasteiger partial charge is 0.496 e. The van der Waals surface area contributed by atoms with E-state index in [4.69, 9.17) is 22.1 Å². The van der Waals surface area contributed by atoms with Gasteiger partial charge < -0.3 is 10.5 Å². The second-order valence-corrected chi connectivity index (χ2v) is 4.31. The number of H-pyrrole nitrogens is 1. The van der Waals surface area contributed by atoms with E-state index in [1.165, 1.54) is 0 Å². The molecule has 0 unspecified atom stereocenters. The molecule has 0 atom stereocenters. The van der Waals surface area contributed by atoms with Crippen molar-refractivity contribution < 1.29 is 4.74 Å². The molecule has 17 heavy (non-hydrogen) atoms. The highest BCUT2D eigenvalue weighted by Crippen LogP contribution is 2.42. The Morgan fingerprint density at radius 1 is 1.35 bits per heavy atom. The van der Waals surface area contributed by atoms with Crippen LogP contribution in [0, 0.1) is 13.8 Å². The van der Waals surface area contributed by atoms with E-state index in [-0.39, 0.29) is 0 Å². The molecule has 1 heterocycles. The van der Waals surface area contributed by atoms with Crippen LogP contribution >= 0.6 is 11.6 Å². The molecule has 0 bridgehead atoms. The van der Waals surface area contributed by atoms with Crippen LogP contribution in [0.2, 0.25) is 5.02 Å². The second kappa shape index (κ2) is 4.30. The zero-order chi connectivity index (χ0) is 12.6. The quantitative estimate of drug-likeness (QED) is 0.863. The minimum Gasteiger partial charge on any atom is -0.496 e. The van der Waals surface area contributed by atoms with Gasteiger partial charge in [0.2, 0.25) is 0 Å². The van der Waals surface area contributed by atoms with Crippen molar-refractivity contribution in [1.82, 2.24) is 10.2 Å². The van der Waals surface area contributed by atoms with Crippen LogP contribution in [0.4, 0.5) is 5.82 Å². The first-order chi connectivity index (χ1) is 8.06. The van der Waals surface area contributed by atoms with E-state index in [9.17, 15) is 0 Å². The molecule has 2 rings (SSSR count). The Hall–Kier alpha value is -1.68. The first-order valence-corrected chi connectivity index (χ1v) is 5.57. The lowest BCUT2D eigenvalue weighted by molar-refractivity contribution is 0.413. The summed E-state index contributed by atoms with van der Waals surface area (Å²) in [5.41, 5.74) is 9.39. The minimum atomic E-state index is 0.482. The molecule has 3 N–H and O–H groups in total. The van der Waals surface area contributed by atoms with E-state index in [0.717, 1.165) is 28.0 Å². The number of methoxy groups -OCH3 is 1. The molecular weight excluding hydrogens is 238 g/mol. The number of halogens is 1. The highest BCUT2D eigenvalue weighted by atomic mass is 35.5. The first kappa shape index (κ1) is 11.8. The monoisotopic (exact) mass is 251 g/mol. The number of nitrogen functional groups attached to an aromatic ring is 1. The molecule has 4 nitrogen and oxygen atoms in total. The molecule has 5 heteroatoms. The number of nitrogens with two attached hydrogens (primary N) is 1. The van der Waals surface area contributed by atoms with Gasteiger partial charge in [-0.3, -0.25) is 5.10 Å². The third-order valence-electron chi connectivity index (χ3n) is 2.73. The van der Waals surface area contributed by atoms with Crippen LogP contribution in [0.25, 0.3) is 11.1 Å². The van der Waals surface area contributed by atoms with Crippen molar-refractivity contribution in [2.45, 2.75) is 13.8 Å². The van der Waals surface area contributed by atoms with E-state index in [0.29, 0.717) is 10.8 Å². The number of rotatable bonds is 2. The van der Waals surface area contributed by atoms with Crippen molar-refractivity contribution in [3.8, 4) is 16.9 Å². The van der Waals surface area contributed by atoms with Gasteiger partial charge in [-0.15, -0.1) is 0 Å². The number of ether oxygens (including phenoxy) is 1. The molecule has 0 amide bonds. The van der Waals surface area contributed by atoms with Gasteiger partial charge in [-0.25, -0.2) is 0 Å². The van der Waals surface area contributed by atoms with Gasteiger partial charge in [0, 0.05) is 11.1 Å². The molecule has 0 saturated carbocycles. The van der Waals surface area contributed by atoms with Gasteiger partial charge in [-0.05, 0) is 25.0 Å². The summed E-state index contributed by atoms with van der Waals surface area (Å²) in [4.78, 5) is 0. The molecule has 0 saturated heterocycles. The second-order valence-electron chi connectivity index (χ2n) is 3.93. The number of aryl methyl sites for hydroxylation is 2. The van der Waals surface area contributed by atoms with Crippen LogP contribution in [0.1, 0.15) is 11.1 Å². The molecule has 0 aliphatic heterocycles. The van der Waals surface area contributed by atoms with E-state index >= 15 is 0 Å². The SMILES string of the molecule is COc1c(C)cc(C)c(Cl)c1-c1cn[nH]c1N. The average Bonchev–Trinajstić information content (AvgIpc) is 2.69. The molecule has 1 aromatic heterocycles. The smallest absolute Gasteiger partial charge is 0.131 e. The Kier molecular flexibility index (Phi) is 2.98. The van der Waals surface area contributed by atoms with Crippen LogP contribution < -0.4 is 10.5 Å². The topological polar surface area (TPSA) is 63.9 Å². The van der Waals surface area contributed by atoms with E-state index in [2.05, 4.69) is 10.2 Å². The number of benzene rings is 1. The van der Waals surface area contributed by atoms with Crippen molar-refractivity contribution in [2.75, 3.05) is 12.8 Å². The zero-order valence-electron chi connectivity index (χ0n) is 9.97. The van der Waals surface area contributed by atoms with Crippen LogP contribution in [-0.4, -0.2) is 17.3 Å². The predicted octanol–water partition coefficient (Wildman–Crippen LogP) is 2.94. The summed E-state index contributed by atoms with van der Waals surface area (Å²) in [6.45, 7) is 3.93. The fourth-order valence-electron chi connectivity index (χ4n) is 1.95. The normalized spacial score (nSPS) is 10.6. The molecule has 0 aliphatic carbocycles. The summed E-state index contributed by atoms with van der Waals surface area (Å²) < 4.78 is 5.41. The summed E-state index contributed by atoms with van der Waals surface area (Å²) in [6, 6.07) is 1.99. The van der Waals surface area contributed by atoms with Gasteiger partial charge in [0.15, 0.2) is 0 Å². The van der Waals surface area contributed by atoms with Gasteiger partial charge in [-0.2, -0.15) is 5.10 Å². The van der Waals surface area contributed by atoms with E-state index < -0.39 is 0 Å². The molecule has 0 radical (unpaired) electrons. The number of nitrogens with one attached hydrogen (secondary N) is 1. The van der Waals surface area contributed by atoms with Gasteiger partial charge in [0.25, 0.3) is 0 Å². The molecule has 2 aromatic rings. The number of anilines is 1. The first-order valence-electron chi connectivity index (χ1n) is 5.19. The minimum absolute atomic E-state index is 0.482. The van der Waals surface area contributed by atoms with Crippen LogP contribution in [0.15, 0.2) is 12.3 Å². The van der Waals surface area contributed by atoms with E-state index in [1.807, 2.05) is 19.9 Å². The Morgan fingerprint density at radius 3 is 2.59 bits per heavy atom. The summed E-state index contributed by atoms with van der Waals surface area (Å²) in [5, 5.41) is 7.25. The maximum absolute atomic E-state index is 6.34. The lowest BCUT2D eigenvalue weighted by atomic mass is 10.0.